The van der Waals surface area contributed by atoms with Crippen molar-refractivity contribution in [2.24, 2.45) is 0 Å². The molecule has 0 atom stereocenters. The first kappa shape index (κ1) is 14.1. The molecular formula is C16H19FN+. The smallest absolute Gasteiger partial charge is 0.167 e. The lowest BCUT2D eigenvalue weighted by atomic mass is 10.0. The third-order valence-electron chi connectivity index (χ3n) is 2.73. The van der Waals surface area contributed by atoms with E-state index in [1.54, 1.807) is 18.2 Å². The molecule has 0 saturated heterocycles. The molecule has 0 aliphatic carbocycles. The molecule has 0 radical (unpaired) electrons. The van der Waals surface area contributed by atoms with Gasteiger partial charge in [0.15, 0.2) is 6.54 Å². The highest BCUT2D eigenvalue weighted by atomic mass is 19.1. The molecule has 0 unspecified atom stereocenters. The number of allylic oxidation sites excluding steroid dienone is 1. The summed E-state index contributed by atoms with van der Waals surface area (Å²) < 4.78 is 14.0. The van der Waals surface area contributed by atoms with Gasteiger partial charge in [-0.3, -0.25) is 0 Å². The number of rotatable bonds is 2. The average molecular weight is 244 g/mol. The van der Waals surface area contributed by atoms with Crippen molar-refractivity contribution in [3.8, 4) is 0 Å². The van der Waals surface area contributed by atoms with E-state index in [0.717, 1.165) is 19.5 Å². The highest BCUT2D eigenvalue weighted by Gasteiger charge is 2.14. The first-order valence-corrected chi connectivity index (χ1v) is 5.90. The van der Waals surface area contributed by atoms with E-state index < -0.39 is 0 Å². The summed E-state index contributed by atoms with van der Waals surface area (Å²) in [4.78, 5) is 0. The van der Waals surface area contributed by atoms with Gasteiger partial charge in [-0.25, -0.2) is 8.97 Å². The van der Waals surface area contributed by atoms with Gasteiger partial charge in [0.25, 0.3) is 0 Å². The van der Waals surface area contributed by atoms with Crippen molar-refractivity contribution >= 4 is 6.72 Å². The maximum absolute atomic E-state index is 11.9. The molecule has 1 aliphatic heterocycles. The van der Waals surface area contributed by atoms with Crippen molar-refractivity contribution in [1.82, 2.24) is 0 Å². The van der Waals surface area contributed by atoms with Crippen LogP contribution in [-0.2, 0) is 0 Å². The van der Waals surface area contributed by atoms with E-state index in [-0.39, 0.29) is 5.82 Å². The number of hydrogen-bond acceptors (Lipinski definition) is 0. The van der Waals surface area contributed by atoms with E-state index in [4.69, 9.17) is 0 Å². The Labute approximate surface area is 108 Å². The SMILES string of the molecule is C=CC1=C(C=C)C[N+](=C)CC1.Fc1ccccc1. The van der Waals surface area contributed by atoms with E-state index in [2.05, 4.69) is 19.9 Å². The topological polar surface area (TPSA) is 3.01 Å². The van der Waals surface area contributed by atoms with Crippen LogP contribution < -0.4 is 0 Å². The molecule has 0 saturated carbocycles. The molecule has 1 aromatic carbocycles. The summed E-state index contributed by atoms with van der Waals surface area (Å²) in [6.45, 7) is 13.3. The van der Waals surface area contributed by atoms with Crippen LogP contribution in [0, 0.1) is 5.82 Å². The molecule has 2 rings (SSSR count). The van der Waals surface area contributed by atoms with Gasteiger partial charge in [0.1, 0.15) is 19.1 Å². The Morgan fingerprint density at radius 2 is 1.67 bits per heavy atom. The van der Waals surface area contributed by atoms with E-state index in [9.17, 15) is 4.39 Å². The third kappa shape index (κ3) is 4.50. The Balaban J connectivity index is 0.000000199. The van der Waals surface area contributed by atoms with Gasteiger partial charge in [-0.15, -0.1) is 0 Å². The second-order valence-electron chi connectivity index (χ2n) is 4.06. The lowest BCUT2D eigenvalue weighted by Crippen LogP contribution is -2.20. The summed E-state index contributed by atoms with van der Waals surface area (Å²) in [5, 5.41) is 0. The maximum Gasteiger partial charge on any atom is 0.167 e. The molecule has 0 bridgehead atoms. The van der Waals surface area contributed by atoms with Gasteiger partial charge < -0.3 is 0 Å². The Bertz CT molecular complexity index is 457. The predicted octanol–water partition coefficient (Wildman–Crippen LogP) is 3.60. The van der Waals surface area contributed by atoms with Crippen molar-refractivity contribution in [2.45, 2.75) is 6.42 Å². The van der Waals surface area contributed by atoms with Crippen molar-refractivity contribution < 1.29 is 8.97 Å². The monoisotopic (exact) mass is 244 g/mol. The average Bonchev–Trinajstić information content (AvgIpc) is 2.40. The number of halogens is 1. The van der Waals surface area contributed by atoms with Crippen LogP contribution in [0.25, 0.3) is 0 Å². The minimum absolute atomic E-state index is 0.178. The second kappa shape index (κ2) is 7.38. The summed E-state index contributed by atoms with van der Waals surface area (Å²) in [5.41, 5.74) is 2.58. The molecule has 2 heteroatoms. The van der Waals surface area contributed by atoms with Crippen LogP contribution in [0.3, 0.4) is 0 Å². The Morgan fingerprint density at radius 3 is 2.11 bits per heavy atom. The third-order valence-corrected chi connectivity index (χ3v) is 2.73. The van der Waals surface area contributed by atoms with Crippen molar-refractivity contribution in [3.05, 3.63) is 72.6 Å². The zero-order chi connectivity index (χ0) is 13.4. The summed E-state index contributed by atoms with van der Waals surface area (Å²) in [6, 6.07) is 7.94. The lowest BCUT2D eigenvalue weighted by Gasteiger charge is -2.13. The van der Waals surface area contributed by atoms with Crippen molar-refractivity contribution in [1.29, 1.82) is 0 Å². The van der Waals surface area contributed by atoms with Crippen LogP contribution in [0.1, 0.15) is 6.42 Å². The van der Waals surface area contributed by atoms with Gasteiger partial charge in [0, 0.05) is 12.0 Å². The van der Waals surface area contributed by atoms with Gasteiger partial charge in [-0.05, 0) is 17.7 Å². The number of nitrogens with zero attached hydrogens (tertiary/aromatic N) is 1. The molecule has 0 N–H and O–H groups in total. The fourth-order valence-electron chi connectivity index (χ4n) is 1.70. The highest BCUT2D eigenvalue weighted by Crippen LogP contribution is 2.16. The molecule has 1 aliphatic rings. The summed E-state index contributed by atoms with van der Waals surface area (Å²) in [7, 11) is 0. The molecule has 94 valence electrons. The van der Waals surface area contributed by atoms with Crippen LogP contribution in [-0.4, -0.2) is 24.4 Å². The van der Waals surface area contributed by atoms with E-state index in [1.165, 1.54) is 23.3 Å². The highest BCUT2D eigenvalue weighted by molar-refractivity contribution is 5.33. The summed E-state index contributed by atoms with van der Waals surface area (Å²) in [6.07, 6.45) is 4.87. The molecule has 0 amide bonds. The first-order chi connectivity index (χ1) is 8.67. The van der Waals surface area contributed by atoms with Crippen LogP contribution in [0.2, 0.25) is 0 Å². The molecular weight excluding hydrogens is 225 g/mol. The Hall–Kier alpha value is -1.96. The molecule has 1 aromatic rings. The molecule has 1 nitrogen and oxygen atoms in total. The minimum atomic E-state index is -0.178. The van der Waals surface area contributed by atoms with E-state index in [0.29, 0.717) is 0 Å². The molecule has 0 fully saturated rings. The predicted molar refractivity (Wildman–Crippen MR) is 75.6 cm³/mol. The van der Waals surface area contributed by atoms with Gasteiger partial charge in [-0.2, -0.15) is 0 Å². The zero-order valence-corrected chi connectivity index (χ0v) is 10.6. The minimum Gasteiger partial charge on any atom is -0.238 e. The molecule has 0 aromatic heterocycles. The number of benzene rings is 1. The van der Waals surface area contributed by atoms with E-state index >= 15 is 0 Å². The van der Waals surface area contributed by atoms with E-state index in [1.807, 2.05) is 16.7 Å². The largest absolute Gasteiger partial charge is 0.238 e. The van der Waals surface area contributed by atoms with Gasteiger partial charge in [0.2, 0.25) is 0 Å². The fraction of sp³-hybridized carbons (Fsp3) is 0.188. The standard InChI is InChI=1S/C10H14N.C6H5F/c1-4-9-6-7-11(3)8-10(9)5-2;7-6-4-2-1-3-5-6/h4-5H,1-3,6-8H2;1-5H/q+1;. The normalized spacial score (nSPS) is 14.6. The van der Waals surface area contributed by atoms with Crippen LogP contribution in [0.5, 0.6) is 0 Å². The van der Waals surface area contributed by atoms with Crippen molar-refractivity contribution in [3.63, 3.8) is 0 Å². The molecule has 18 heavy (non-hydrogen) atoms. The first-order valence-electron chi connectivity index (χ1n) is 5.90. The van der Waals surface area contributed by atoms with Gasteiger partial charge in [0.05, 0.1) is 0 Å². The number of hydrogen-bond donors (Lipinski definition) is 0. The Morgan fingerprint density at radius 1 is 1.06 bits per heavy atom. The maximum atomic E-state index is 11.9. The fourth-order valence-corrected chi connectivity index (χ4v) is 1.70. The van der Waals surface area contributed by atoms with Gasteiger partial charge in [-0.1, -0.05) is 43.5 Å². The van der Waals surface area contributed by atoms with Crippen molar-refractivity contribution in [2.75, 3.05) is 13.1 Å². The molecule has 1 heterocycles. The Kier molecular flexibility index (Phi) is 5.78. The van der Waals surface area contributed by atoms with Crippen LogP contribution in [0.4, 0.5) is 4.39 Å². The quantitative estimate of drug-likeness (QED) is 0.699. The van der Waals surface area contributed by atoms with Crippen LogP contribution >= 0.6 is 0 Å². The van der Waals surface area contributed by atoms with Gasteiger partial charge >= 0.3 is 0 Å². The lowest BCUT2D eigenvalue weighted by molar-refractivity contribution is -0.513. The van der Waals surface area contributed by atoms with Crippen LogP contribution in [0.15, 0.2) is 66.8 Å². The second-order valence-corrected chi connectivity index (χ2v) is 4.06. The summed E-state index contributed by atoms with van der Waals surface area (Å²) in [5.74, 6) is -0.178. The zero-order valence-electron chi connectivity index (χ0n) is 10.6. The summed E-state index contributed by atoms with van der Waals surface area (Å²) >= 11 is 0. The molecule has 0 spiro atoms.